The highest BCUT2D eigenvalue weighted by Crippen LogP contribution is 2.35. The number of phenolic OH excluding ortho intramolecular Hbond substituents is 3. The number of hydrogen-bond donors (Lipinski definition) is 4. The van der Waals surface area contributed by atoms with Crippen LogP contribution in [0.1, 0.15) is 22.8 Å². The third-order valence-corrected chi connectivity index (χ3v) is 3.39. The van der Waals surface area contributed by atoms with Gasteiger partial charge in [-0.15, -0.1) is 0 Å². The molecule has 0 aliphatic rings. The lowest BCUT2D eigenvalue weighted by Gasteiger charge is -2.06. The number of nitrogens with zero attached hydrogens (tertiary/aromatic N) is 1. The van der Waals surface area contributed by atoms with Crippen LogP contribution in [0.15, 0.2) is 46.0 Å². The van der Waals surface area contributed by atoms with Crippen molar-refractivity contribution in [1.82, 2.24) is 5.43 Å². The summed E-state index contributed by atoms with van der Waals surface area (Å²) in [6.07, 6.45) is 0. The molecule has 0 radical (unpaired) electrons. The van der Waals surface area contributed by atoms with E-state index in [0.29, 0.717) is 5.71 Å². The van der Waals surface area contributed by atoms with Crippen LogP contribution in [0.3, 0.4) is 0 Å². The zero-order chi connectivity index (χ0) is 16.3. The fourth-order valence-corrected chi connectivity index (χ4v) is 2.11. The summed E-state index contributed by atoms with van der Waals surface area (Å²) in [5.74, 6) is -2.47. The van der Waals surface area contributed by atoms with Crippen molar-refractivity contribution in [3.05, 3.63) is 52.0 Å². The van der Waals surface area contributed by atoms with Gasteiger partial charge in [0, 0.05) is 10.0 Å². The molecule has 7 heteroatoms. The summed E-state index contributed by atoms with van der Waals surface area (Å²) in [7, 11) is 0. The number of aromatic hydroxyl groups is 3. The van der Waals surface area contributed by atoms with E-state index < -0.39 is 23.2 Å². The molecule has 0 aliphatic heterocycles. The van der Waals surface area contributed by atoms with E-state index in [0.717, 1.165) is 22.2 Å². The number of hydrazone groups is 1. The predicted molar refractivity (Wildman–Crippen MR) is 85.3 cm³/mol. The first-order valence-corrected chi connectivity index (χ1v) is 7.03. The molecule has 0 spiro atoms. The van der Waals surface area contributed by atoms with E-state index in [1.807, 2.05) is 24.3 Å². The van der Waals surface area contributed by atoms with Crippen LogP contribution >= 0.6 is 15.9 Å². The average Bonchev–Trinajstić information content (AvgIpc) is 2.49. The van der Waals surface area contributed by atoms with E-state index >= 15 is 0 Å². The molecule has 0 heterocycles. The van der Waals surface area contributed by atoms with Crippen LogP contribution in [0.25, 0.3) is 0 Å². The molecule has 6 nitrogen and oxygen atoms in total. The SMILES string of the molecule is C/C(=N\NC(=O)c1cc(O)c(O)c(O)c1)c1cccc(Br)c1. The number of phenols is 3. The standard InChI is InChI=1S/C15H13BrN2O4/c1-8(9-3-2-4-11(16)5-9)17-18-15(22)10-6-12(19)14(21)13(20)7-10/h2-7,19-21H,1H3,(H,18,22)/b17-8+. The number of halogens is 1. The zero-order valence-corrected chi connectivity index (χ0v) is 13.1. The lowest BCUT2D eigenvalue weighted by Crippen LogP contribution is -2.19. The minimum Gasteiger partial charge on any atom is -0.504 e. The van der Waals surface area contributed by atoms with Crippen molar-refractivity contribution in [1.29, 1.82) is 0 Å². The number of carbonyl (C=O) groups is 1. The van der Waals surface area contributed by atoms with Gasteiger partial charge in [-0.25, -0.2) is 5.43 Å². The van der Waals surface area contributed by atoms with E-state index in [1.165, 1.54) is 0 Å². The number of benzene rings is 2. The number of nitrogens with one attached hydrogen (secondary N) is 1. The maximum absolute atomic E-state index is 11.9. The molecule has 0 atom stereocenters. The normalized spacial score (nSPS) is 11.3. The van der Waals surface area contributed by atoms with Crippen molar-refractivity contribution < 1.29 is 20.1 Å². The Morgan fingerprint density at radius 3 is 2.32 bits per heavy atom. The van der Waals surface area contributed by atoms with Crippen molar-refractivity contribution in [2.45, 2.75) is 6.92 Å². The summed E-state index contributed by atoms with van der Waals surface area (Å²) in [6, 6.07) is 9.48. The Bertz CT molecular complexity index is 736. The summed E-state index contributed by atoms with van der Waals surface area (Å²) >= 11 is 3.35. The molecule has 2 rings (SSSR count). The maximum Gasteiger partial charge on any atom is 0.271 e. The van der Waals surface area contributed by atoms with Crippen LogP contribution in [0.4, 0.5) is 0 Å². The van der Waals surface area contributed by atoms with Gasteiger partial charge in [0.2, 0.25) is 0 Å². The van der Waals surface area contributed by atoms with Crippen molar-refractivity contribution in [3.8, 4) is 17.2 Å². The molecular formula is C15H13BrN2O4. The van der Waals surface area contributed by atoms with Gasteiger partial charge >= 0.3 is 0 Å². The predicted octanol–water partition coefficient (Wildman–Crippen LogP) is 2.72. The Morgan fingerprint density at radius 2 is 1.73 bits per heavy atom. The molecule has 0 unspecified atom stereocenters. The molecule has 114 valence electrons. The molecular weight excluding hydrogens is 352 g/mol. The number of hydrogen-bond acceptors (Lipinski definition) is 5. The number of amides is 1. The van der Waals surface area contributed by atoms with Crippen molar-refractivity contribution in [3.63, 3.8) is 0 Å². The highest BCUT2D eigenvalue weighted by Gasteiger charge is 2.13. The van der Waals surface area contributed by atoms with Gasteiger partial charge in [-0.1, -0.05) is 28.1 Å². The number of rotatable bonds is 3. The second kappa shape index (κ2) is 6.48. The minimum absolute atomic E-state index is 0.0291. The third-order valence-electron chi connectivity index (χ3n) is 2.90. The van der Waals surface area contributed by atoms with Gasteiger partial charge in [-0.05, 0) is 36.8 Å². The summed E-state index contributed by atoms with van der Waals surface area (Å²) in [5, 5.41) is 32.0. The summed E-state index contributed by atoms with van der Waals surface area (Å²) < 4.78 is 0.888. The van der Waals surface area contributed by atoms with Gasteiger partial charge in [0.05, 0.1) is 5.71 Å². The molecule has 0 aromatic heterocycles. The Labute approximate surface area is 134 Å². The maximum atomic E-state index is 11.9. The Balaban J connectivity index is 2.17. The molecule has 2 aromatic rings. The van der Waals surface area contributed by atoms with Gasteiger partial charge in [0.25, 0.3) is 5.91 Å². The van der Waals surface area contributed by atoms with Crippen LogP contribution in [-0.2, 0) is 0 Å². The van der Waals surface area contributed by atoms with Crippen LogP contribution in [0, 0.1) is 0 Å². The first-order chi connectivity index (χ1) is 10.4. The molecule has 0 saturated carbocycles. The van der Waals surface area contributed by atoms with Crippen molar-refractivity contribution in [2.24, 2.45) is 5.10 Å². The molecule has 0 bridgehead atoms. The summed E-state index contributed by atoms with van der Waals surface area (Å²) in [6.45, 7) is 1.73. The monoisotopic (exact) mass is 364 g/mol. The zero-order valence-electron chi connectivity index (χ0n) is 11.5. The second-order valence-electron chi connectivity index (χ2n) is 4.51. The largest absolute Gasteiger partial charge is 0.504 e. The Morgan fingerprint density at radius 1 is 1.09 bits per heavy atom. The topological polar surface area (TPSA) is 102 Å². The quantitative estimate of drug-likeness (QED) is 0.382. The summed E-state index contributed by atoms with van der Waals surface area (Å²) in [5.41, 5.74) is 3.70. The first kappa shape index (κ1) is 15.8. The van der Waals surface area contributed by atoms with E-state index in [1.54, 1.807) is 6.92 Å². The molecule has 22 heavy (non-hydrogen) atoms. The van der Waals surface area contributed by atoms with Gasteiger partial charge in [-0.3, -0.25) is 4.79 Å². The van der Waals surface area contributed by atoms with Gasteiger partial charge in [-0.2, -0.15) is 5.10 Å². The fraction of sp³-hybridized carbons (Fsp3) is 0.0667. The van der Waals surface area contributed by atoms with Crippen molar-refractivity contribution >= 4 is 27.5 Å². The number of carbonyl (C=O) groups excluding carboxylic acids is 1. The third kappa shape index (κ3) is 3.56. The van der Waals surface area contributed by atoms with E-state index in [-0.39, 0.29) is 5.56 Å². The highest BCUT2D eigenvalue weighted by molar-refractivity contribution is 9.10. The van der Waals surface area contributed by atoms with Crippen LogP contribution in [0.2, 0.25) is 0 Å². The molecule has 0 saturated heterocycles. The Hall–Kier alpha value is -2.54. The van der Waals surface area contributed by atoms with Gasteiger partial charge < -0.3 is 15.3 Å². The molecule has 0 aliphatic carbocycles. The lowest BCUT2D eigenvalue weighted by atomic mass is 10.1. The lowest BCUT2D eigenvalue weighted by molar-refractivity contribution is 0.0954. The molecule has 4 N–H and O–H groups in total. The highest BCUT2D eigenvalue weighted by atomic mass is 79.9. The average molecular weight is 365 g/mol. The molecule has 0 fully saturated rings. The van der Waals surface area contributed by atoms with Crippen molar-refractivity contribution in [2.75, 3.05) is 0 Å². The fourth-order valence-electron chi connectivity index (χ4n) is 1.71. The molecule has 1 amide bonds. The molecule has 2 aromatic carbocycles. The van der Waals surface area contributed by atoms with E-state index in [9.17, 15) is 20.1 Å². The Kier molecular flexibility index (Phi) is 4.67. The minimum atomic E-state index is -0.676. The second-order valence-corrected chi connectivity index (χ2v) is 5.43. The van der Waals surface area contributed by atoms with Gasteiger partial charge in [0.15, 0.2) is 17.2 Å². The van der Waals surface area contributed by atoms with E-state index in [4.69, 9.17) is 0 Å². The van der Waals surface area contributed by atoms with Crippen LogP contribution in [-0.4, -0.2) is 26.9 Å². The van der Waals surface area contributed by atoms with Crippen LogP contribution < -0.4 is 5.43 Å². The summed E-state index contributed by atoms with van der Waals surface area (Å²) in [4.78, 5) is 11.9. The van der Waals surface area contributed by atoms with Gasteiger partial charge in [0.1, 0.15) is 0 Å². The van der Waals surface area contributed by atoms with E-state index in [2.05, 4.69) is 26.5 Å². The van der Waals surface area contributed by atoms with Crippen LogP contribution in [0.5, 0.6) is 17.2 Å². The first-order valence-electron chi connectivity index (χ1n) is 6.24. The smallest absolute Gasteiger partial charge is 0.271 e.